The monoisotopic (exact) mass is 346 g/mol. The molecule has 0 bridgehead atoms. The molecule has 2 heterocycles. The van der Waals surface area contributed by atoms with Crippen LogP contribution in [0.3, 0.4) is 0 Å². The van der Waals surface area contributed by atoms with Crippen LogP contribution in [0.5, 0.6) is 5.75 Å². The van der Waals surface area contributed by atoms with Crippen molar-refractivity contribution in [2.45, 2.75) is 13.2 Å². The van der Waals surface area contributed by atoms with E-state index in [1.165, 1.54) is 6.33 Å². The van der Waals surface area contributed by atoms with E-state index in [9.17, 15) is 5.11 Å². The second-order valence-corrected chi connectivity index (χ2v) is 5.92. The third kappa shape index (κ3) is 2.98. The fourth-order valence-corrected chi connectivity index (χ4v) is 2.96. The summed E-state index contributed by atoms with van der Waals surface area (Å²) in [7, 11) is 0. The number of hydrogen-bond donors (Lipinski definition) is 2. The molecule has 0 unspecified atom stereocenters. The highest BCUT2D eigenvalue weighted by Gasteiger charge is 2.15. The molecular formula is C20H18N4O2. The molecule has 0 fully saturated rings. The minimum absolute atomic E-state index is 0.137. The molecule has 0 amide bonds. The van der Waals surface area contributed by atoms with E-state index in [1.54, 1.807) is 4.52 Å². The highest BCUT2D eigenvalue weighted by Crippen LogP contribution is 2.32. The SMILES string of the molecule is Nc1ncnn2c(CO)cc(-c3cccc(OCc4ccccc4)c3)c12. The minimum Gasteiger partial charge on any atom is -0.489 e. The lowest BCUT2D eigenvalue weighted by Gasteiger charge is -2.08. The predicted octanol–water partition coefficient (Wildman–Crippen LogP) is 3.05. The number of rotatable bonds is 5. The summed E-state index contributed by atoms with van der Waals surface area (Å²) in [5.41, 5.74) is 10.3. The van der Waals surface area contributed by atoms with Crippen LogP contribution in [0.4, 0.5) is 5.82 Å². The fourth-order valence-electron chi connectivity index (χ4n) is 2.96. The molecule has 2 aromatic heterocycles. The zero-order chi connectivity index (χ0) is 17.9. The van der Waals surface area contributed by atoms with Gasteiger partial charge in [0.25, 0.3) is 0 Å². The van der Waals surface area contributed by atoms with Crippen molar-refractivity contribution in [1.29, 1.82) is 0 Å². The van der Waals surface area contributed by atoms with E-state index in [0.29, 0.717) is 23.6 Å². The molecule has 6 nitrogen and oxygen atoms in total. The molecule has 0 saturated heterocycles. The van der Waals surface area contributed by atoms with Gasteiger partial charge in [0.1, 0.15) is 24.2 Å². The van der Waals surface area contributed by atoms with Gasteiger partial charge in [-0.05, 0) is 29.3 Å². The first-order valence-corrected chi connectivity index (χ1v) is 8.25. The summed E-state index contributed by atoms with van der Waals surface area (Å²) in [6.45, 7) is 0.357. The molecule has 0 atom stereocenters. The lowest BCUT2D eigenvalue weighted by molar-refractivity contribution is 0.274. The van der Waals surface area contributed by atoms with E-state index < -0.39 is 0 Å². The van der Waals surface area contributed by atoms with Crippen LogP contribution in [-0.4, -0.2) is 19.7 Å². The van der Waals surface area contributed by atoms with Gasteiger partial charge in [-0.25, -0.2) is 9.50 Å². The van der Waals surface area contributed by atoms with Crippen LogP contribution in [0, 0.1) is 0 Å². The first-order chi connectivity index (χ1) is 12.8. The van der Waals surface area contributed by atoms with Crippen molar-refractivity contribution in [3.8, 4) is 16.9 Å². The molecule has 4 aromatic rings. The number of aromatic nitrogens is 3. The molecule has 3 N–H and O–H groups in total. The lowest BCUT2D eigenvalue weighted by Crippen LogP contribution is -2.02. The van der Waals surface area contributed by atoms with Gasteiger partial charge in [-0.1, -0.05) is 42.5 Å². The third-order valence-corrected chi connectivity index (χ3v) is 4.21. The summed E-state index contributed by atoms with van der Waals surface area (Å²) >= 11 is 0. The Bertz CT molecular complexity index is 1040. The largest absolute Gasteiger partial charge is 0.489 e. The Morgan fingerprint density at radius 3 is 2.69 bits per heavy atom. The van der Waals surface area contributed by atoms with E-state index in [-0.39, 0.29) is 6.61 Å². The molecule has 6 heteroatoms. The van der Waals surface area contributed by atoms with Crippen molar-refractivity contribution >= 4 is 11.3 Å². The molecule has 26 heavy (non-hydrogen) atoms. The topological polar surface area (TPSA) is 85.7 Å². The Morgan fingerprint density at radius 1 is 1.04 bits per heavy atom. The van der Waals surface area contributed by atoms with Gasteiger partial charge in [-0.3, -0.25) is 0 Å². The molecule has 0 aliphatic carbocycles. The number of nitrogen functional groups attached to an aromatic ring is 1. The Hall–Kier alpha value is -3.38. The summed E-state index contributed by atoms with van der Waals surface area (Å²) in [6.07, 6.45) is 1.38. The molecule has 0 radical (unpaired) electrons. The van der Waals surface area contributed by atoms with Crippen molar-refractivity contribution in [1.82, 2.24) is 14.6 Å². The smallest absolute Gasteiger partial charge is 0.151 e. The van der Waals surface area contributed by atoms with Crippen LogP contribution in [-0.2, 0) is 13.2 Å². The van der Waals surface area contributed by atoms with E-state index in [2.05, 4.69) is 10.1 Å². The number of nitrogens with two attached hydrogens (primary N) is 1. The second-order valence-electron chi connectivity index (χ2n) is 5.92. The van der Waals surface area contributed by atoms with Gasteiger partial charge in [-0.15, -0.1) is 0 Å². The first-order valence-electron chi connectivity index (χ1n) is 8.25. The quantitative estimate of drug-likeness (QED) is 0.580. The molecular weight excluding hydrogens is 328 g/mol. The fraction of sp³-hybridized carbons (Fsp3) is 0.100. The molecule has 0 aliphatic heterocycles. The van der Waals surface area contributed by atoms with Gasteiger partial charge in [0.2, 0.25) is 0 Å². The third-order valence-electron chi connectivity index (χ3n) is 4.21. The van der Waals surface area contributed by atoms with E-state index in [1.807, 2.05) is 60.7 Å². The number of benzene rings is 2. The average molecular weight is 346 g/mol. The van der Waals surface area contributed by atoms with Gasteiger partial charge in [0, 0.05) is 5.56 Å². The first kappa shape index (κ1) is 16.1. The van der Waals surface area contributed by atoms with Gasteiger partial charge >= 0.3 is 0 Å². The molecule has 0 spiro atoms. The molecule has 4 rings (SSSR count). The number of hydrogen-bond acceptors (Lipinski definition) is 5. The number of ether oxygens (including phenoxy) is 1. The van der Waals surface area contributed by atoms with E-state index in [0.717, 1.165) is 22.4 Å². The maximum absolute atomic E-state index is 9.60. The summed E-state index contributed by atoms with van der Waals surface area (Å²) in [6, 6.07) is 19.6. The van der Waals surface area contributed by atoms with Crippen LogP contribution in [0.15, 0.2) is 67.0 Å². The normalized spacial score (nSPS) is 11.0. The maximum atomic E-state index is 9.60. The lowest BCUT2D eigenvalue weighted by atomic mass is 10.1. The zero-order valence-corrected chi connectivity index (χ0v) is 14.0. The number of fused-ring (bicyclic) bond motifs is 1. The molecule has 2 aromatic carbocycles. The molecule has 0 aliphatic rings. The number of aliphatic hydroxyl groups is 1. The van der Waals surface area contributed by atoms with Crippen molar-refractivity contribution in [2.75, 3.05) is 5.73 Å². The van der Waals surface area contributed by atoms with E-state index in [4.69, 9.17) is 10.5 Å². The van der Waals surface area contributed by atoms with Crippen LogP contribution in [0.2, 0.25) is 0 Å². The Balaban J connectivity index is 1.70. The maximum Gasteiger partial charge on any atom is 0.151 e. The van der Waals surface area contributed by atoms with E-state index >= 15 is 0 Å². The highest BCUT2D eigenvalue weighted by molar-refractivity contribution is 5.88. The Morgan fingerprint density at radius 2 is 1.88 bits per heavy atom. The number of aliphatic hydroxyl groups excluding tert-OH is 1. The number of nitrogens with zero attached hydrogens (tertiary/aromatic N) is 3. The van der Waals surface area contributed by atoms with Crippen molar-refractivity contribution in [3.05, 3.63) is 78.2 Å². The Kier molecular flexibility index (Phi) is 4.25. The average Bonchev–Trinajstić information content (AvgIpc) is 3.08. The van der Waals surface area contributed by atoms with Crippen LogP contribution in [0.25, 0.3) is 16.6 Å². The summed E-state index contributed by atoms with van der Waals surface area (Å²) < 4.78 is 7.53. The van der Waals surface area contributed by atoms with Crippen LogP contribution >= 0.6 is 0 Å². The number of anilines is 1. The van der Waals surface area contributed by atoms with Gasteiger partial charge in [-0.2, -0.15) is 5.10 Å². The summed E-state index contributed by atoms with van der Waals surface area (Å²) in [5, 5.41) is 13.8. The second kappa shape index (κ2) is 6.85. The van der Waals surface area contributed by atoms with Gasteiger partial charge in [0.15, 0.2) is 5.82 Å². The van der Waals surface area contributed by atoms with Crippen molar-refractivity contribution in [3.63, 3.8) is 0 Å². The zero-order valence-electron chi connectivity index (χ0n) is 14.0. The van der Waals surface area contributed by atoms with Crippen LogP contribution in [0.1, 0.15) is 11.3 Å². The molecule has 0 saturated carbocycles. The molecule has 130 valence electrons. The predicted molar refractivity (Wildman–Crippen MR) is 99.5 cm³/mol. The van der Waals surface area contributed by atoms with Gasteiger partial charge < -0.3 is 15.6 Å². The van der Waals surface area contributed by atoms with Crippen molar-refractivity contribution < 1.29 is 9.84 Å². The standard InChI is InChI=1S/C20H18N4O2/c21-20-19-18(10-16(11-25)24(19)23-13-22-20)15-7-4-8-17(9-15)26-12-14-5-2-1-3-6-14/h1-10,13,25H,11-12H2,(H2,21,22,23). The summed E-state index contributed by atoms with van der Waals surface area (Å²) in [5.74, 6) is 1.12. The van der Waals surface area contributed by atoms with Gasteiger partial charge in [0.05, 0.1) is 12.3 Å². The van der Waals surface area contributed by atoms with Crippen molar-refractivity contribution in [2.24, 2.45) is 0 Å². The highest BCUT2D eigenvalue weighted by atomic mass is 16.5. The summed E-state index contributed by atoms with van der Waals surface area (Å²) in [4.78, 5) is 4.07. The van der Waals surface area contributed by atoms with Crippen LogP contribution < -0.4 is 10.5 Å². The Labute approximate surface area is 150 Å². The minimum atomic E-state index is -0.137.